The van der Waals surface area contributed by atoms with Gasteiger partial charge in [-0.05, 0) is 49.7 Å². The van der Waals surface area contributed by atoms with Gasteiger partial charge in [-0.15, -0.1) is 24.0 Å². The summed E-state index contributed by atoms with van der Waals surface area (Å²) in [4.78, 5) is 6.82. The van der Waals surface area contributed by atoms with Crippen molar-refractivity contribution in [3.8, 4) is 11.8 Å². The molecule has 0 aliphatic carbocycles. The van der Waals surface area contributed by atoms with E-state index in [4.69, 9.17) is 5.73 Å². The normalized spacial score (nSPS) is 16.3. The summed E-state index contributed by atoms with van der Waals surface area (Å²) in [5, 5.41) is 17.6. The maximum atomic E-state index is 9.55. The molecule has 0 spiro atoms. The highest BCUT2D eigenvalue weighted by Gasteiger charge is 2.25. The van der Waals surface area contributed by atoms with Crippen LogP contribution in [0.1, 0.15) is 44.4 Å². The minimum absolute atomic E-state index is 0. The molecule has 1 aliphatic rings. The molecule has 1 aromatic carbocycles. The number of rotatable bonds is 7. The molecule has 1 unspecified atom stereocenters. The Kier molecular flexibility index (Phi) is 9.62. The highest BCUT2D eigenvalue weighted by Crippen LogP contribution is 2.23. The molecule has 2 heterocycles. The zero-order valence-corrected chi connectivity index (χ0v) is 21.0. The topological polar surface area (TPSA) is 95.3 Å². The molecule has 0 radical (unpaired) electrons. The van der Waals surface area contributed by atoms with E-state index in [-0.39, 0.29) is 24.0 Å². The smallest absolute Gasteiger partial charge is 0.193 e. The number of anilines is 1. The van der Waals surface area contributed by atoms with Gasteiger partial charge in [0.05, 0.1) is 11.4 Å². The quantitative estimate of drug-likeness (QED) is 0.243. The van der Waals surface area contributed by atoms with E-state index in [0.29, 0.717) is 17.8 Å². The van der Waals surface area contributed by atoms with E-state index < -0.39 is 0 Å². The number of nitriles is 1. The van der Waals surface area contributed by atoms with Crippen molar-refractivity contribution >= 4 is 35.8 Å². The number of likely N-dealkylation sites (tertiary alicyclic amines) is 1. The van der Waals surface area contributed by atoms with E-state index in [1.54, 1.807) is 4.68 Å². The van der Waals surface area contributed by atoms with Crippen molar-refractivity contribution < 1.29 is 0 Å². The average molecular weight is 535 g/mol. The van der Waals surface area contributed by atoms with Crippen LogP contribution in [-0.2, 0) is 6.42 Å². The number of aliphatic imine (C=N–C) groups is 1. The molecule has 1 atom stereocenters. The number of benzene rings is 1. The van der Waals surface area contributed by atoms with Crippen LogP contribution in [0.15, 0.2) is 35.3 Å². The maximum Gasteiger partial charge on any atom is 0.193 e. The molecule has 3 N–H and O–H groups in total. The lowest BCUT2D eigenvalue weighted by atomic mass is 9.97. The number of hydrogen-bond acceptors (Lipinski definition) is 4. The molecule has 1 aromatic heterocycles. The molecule has 0 bridgehead atoms. The highest BCUT2D eigenvalue weighted by atomic mass is 127. The first-order valence-corrected chi connectivity index (χ1v) is 10.8. The van der Waals surface area contributed by atoms with Crippen molar-refractivity contribution in [2.24, 2.45) is 16.8 Å². The van der Waals surface area contributed by atoms with Crippen molar-refractivity contribution in [3.63, 3.8) is 0 Å². The zero-order chi connectivity index (χ0) is 21.5. The van der Waals surface area contributed by atoms with Crippen molar-refractivity contribution in [2.45, 2.75) is 39.5 Å². The second kappa shape index (κ2) is 11.9. The van der Waals surface area contributed by atoms with Crippen LogP contribution in [0.25, 0.3) is 5.69 Å². The van der Waals surface area contributed by atoms with Gasteiger partial charge in [0.15, 0.2) is 5.96 Å². The Labute approximate surface area is 202 Å². The SMILES string of the molecule is CN=C(NCCCc1nn(-c2ccccc2)c(N)c1C#N)N1CCC(CC(C)C)C1.I. The molecular weight excluding hydrogens is 501 g/mol. The number of hydrogen-bond donors (Lipinski definition) is 2. The standard InChI is InChI=1S/C23H33N7.HI/c1-17(2)14-18-11-13-29(16-18)23(26-3)27-12-7-10-21-20(15-24)22(25)30(28-21)19-8-5-4-6-9-19;/h4-6,8-9,17-18H,7,10-14,16,25H2,1-3H3,(H,26,27);1H. The van der Waals surface area contributed by atoms with Gasteiger partial charge in [-0.3, -0.25) is 4.99 Å². The summed E-state index contributed by atoms with van der Waals surface area (Å²) in [6.45, 7) is 7.50. The van der Waals surface area contributed by atoms with Crippen LogP contribution in [-0.4, -0.2) is 47.3 Å². The molecule has 3 rings (SSSR count). The van der Waals surface area contributed by atoms with Gasteiger partial charge in [0.25, 0.3) is 0 Å². The van der Waals surface area contributed by atoms with Crippen molar-refractivity contribution in [3.05, 3.63) is 41.6 Å². The lowest BCUT2D eigenvalue weighted by Gasteiger charge is -2.22. The summed E-state index contributed by atoms with van der Waals surface area (Å²) in [6.07, 6.45) is 4.05. The first-order valence-electron chi connectivity index (χ1n) is 10.8. The summed E-state index contributed by atoms with van der Waals surface area (Å²) < 4.78 is 1.65. The number of aryl methyl sites for hydroxylation is 1. The molecule has 1 aliphatic heterocycles. The third kappa shape index (κ3) is 6.35. The van der Waals surface area contributed by atoms with Crippen molar-refractivity contribution in [1.82, 2.24) is 20.0 Å². The van der Waals surface area contributed by atoms with E-state index in [2.05, 4.69) is 40.2 Å². The Morgan fingerprint density at radius 2 is 2.10 bits per heavy atom. The summed E-state index contributed by atoms with van der Waals surface area (Å²) in [5.74, 6) is 2.86. The predicted molar refractivity (Wildman–Crippen MR) is 137 cm³/mol. The second-order valence-electron chi connectivity index (χ2n) is 8.37. The molecule has 0 saturated carbocycles. The Balaban J connectivity index is 0.00000341. The van der Waals surface area contributed by atoms with Crippen molar-refractivity contribution in [1.29, 1.82) is 5.26 Å². The molecular formula is C23H34IN7. The fourth-order valence-electron chi connectivity index (χ4n) is 4.21. The number of aromatic nitrogens is 2. The summed E-state index contributed by atoms with van der Waals surface area (Å²) in [7, 11) is 1.84. The summed E-state index contributed by atoms with van der Waals surface area (Å²) in [5.41, 5.74) is 8.27. The largest absolute Gasteiger partial charge is 0.382 e. The maximum absolute atomic E-state index is 9.55. The number of nitrogens with two attached hydrogens (primary N) is 1. The lowest BCUT2D eigenvalue weighted by molar-refractivity contribution is 0.403. The fourth-order valence-corrected chi connectivity index (χ4v) is 4.21. The minimum Gasteiger partial charge on any atom is -0.382 e. The van der Waals surface area contributed by atoms with Gasteiger partial charge in [-0.25, -0.2) is 4.68 Å². The van der Waals surface area contributed by atoms with Crippen LogP contribution in [0.5, 0.6) is 0 Å². The van der Waals surface area contributed by atoms with E-state index in [9.17, 15) is 5.26 Å². The molecule has 7 nitrogen and oxygen atoms in total. The van der Waals surface area contributed by atoms with Crippen molar-refractivity contribution in [2.75, 3.05) is 32.4 Å². The predicted octanol–water partition coefficient (Wildman–Crippen LogP) is 3.82. The van der Waals surface area contributed by atoms with E-state index >= 15 is 0 Å². The van der Waals surface area contributed by atoms with Gasteiger partial charge < -0.3 is 16.0 Å². The first-order chi connectivity index (χ1) is 14.5. The third-order valence-electron chi connectivity index (χ3n) is 5.58. The minimum atomic E-state index is 0. The van der Waals surface area contributed by atoms with Crippen LogP contribution in [0.3, 0.4) is 0 Å². The zero-order valence-electron chi connectivity index (χ0n) is 18.7. The lowest BCUT2D eigenvalue weighted by Crippen LogP contribution is -2.40. The van der Waals surface area contributed by atoms with Gasteiger partial charge in [0.1, 0.15) is 17.5 Å². The molecule has 1 saturated heterocycles. The van der Waals surface area contributed by atoms with Crippen LogP contribution in [0, 0.1) is 23.2 Å². The second-order valence-corrected chi connectivity index (χ2v) is 8.37. The van der Waals surface area contributed by atoms with E-state index in [0.717, 1.165) is 55.2 Å². The highest BCUT2D eigenvalue weighted by molar-refractivity contribution is 14.0. The Morgan fingerprint density at radius 1 is 1.35 bits per heavy atom. The number of nitrogen functional groups attached to an aromatic ring is 1. The van der Waals surface area contributed by atoms with Crippen LogP contribution >= 0.6 is 24.0 Å². The van der Waals surface area contributed by atoms with Gasteiger partial charge in [-0.2, -0.15) is 10.4 Å². The first kappa shape index (κ1) is 25.0. The molecule has 0 amide bonds. The Morgan fingerprint density at radius 3 is 2.74 bits per heavy atom. The van der Waals surface area contributed by atoms with Crippen LogP contribution < -0.4 is 11.1 Å². The van der Waals surface area contributed by atoms with Crippen LogP contribution in [0.2, 0.25) is 0 Å². The van der Waals surface area contributed by atoms with Gasteiger partial charge in [0, 0.05) is 26.7 Å². The average Bonchev–Trinajstić information content (AvgIpc) is 3.32. The van der Waals surface area contributed by atoms with Gasteiger partial charge in [-0.1, -0.05) is 32.0 Å². The molecule has 31 heavy (non-hydrogen) atoms. The molecule has 8 heteroatoms. The molecule has 168 valence electrons. The number of halogens is 1. The third-order valence-corrected chi connectivity index (χ3v) is 5.58. The number of para-hydroxylation sites is 1. The number of nitrogens with one attached hydrogen (secondary N) is 1. The van der Waals surface area contributed by atoms with E-state index in [1.807, 2.05) is 37.4 Å². The van der Waals surface area contributed by atoms with E-state index in [1.165, 1.54) is 12.8 Å². The number of guanidine groups is 1. The van der Waals surface area contributed by atoms with Gasteiger partial charge in [0.2, 0.25) is 0 Å². The molecule has 1 fully saturated rings. The van der Waals surface area contributed by atoms with Crippen LogP contribution in [0.4, 0.5) is 5.82 Å². The Bertz CT molecular complexity index is 899. The summed E-state index contributed by atoms with van der Waals surface area (Å²) >= 11 is 0. The van der Waals surface area contributed by atoms with Gasteiger partial charge >= 0.3 is 0 Å². The fraction of sp³-hybridized carbons (Fsp3) is 0.522. The summed E-state index contributed by atoms with van der Waals surface area (Å²) in [6, 6.07) is 11.9. The number of nitrogens with zero attached hydrogens (tertiary/aromatic N) is 5. The molecule has 2 aromatic rings. The monoisotopic (exact) mass is 535 g/mol. The Hall–Kier alpha value is -2.28.